The predicted octanol–water partition coefficient (Wildman–Crippen LogP) is 2.04. The molecule has 1 aliphatic heterocycles. The van der Waals surface area contributed by atoms with Crippen LogP contribution in [0.5, 0.6) is 0 Å². The molecule has 0 spiro atoms. The molecule has 21 heavy (non-hydrogen) atoms. The van der Waals surface area contributed by atoms with Gasteiger partial charge in [-0.05, 0) is 43.7 Å². The van der Waals surface area contributed by atoms with E-state index in [-0.39, 0.29) is 9.92 Å². The van der Waals surface area contributed by atoms with Gasteiger partial charge in [-0.15, -0.1) is 0 Å². The van der Waals surface area contributed by atoms with E-state index in [9.17, 15) is 10.1 Å². The van der Waals surface area contributed by atoms with Crippen LogP contribution in [0.25, 0.3) is 10.2 Å². The summed E-state index contributed by atoms with van der Waals surface area (Å²) in [7, 11) is 1.98. The van der Waals surface area contributed by atoms with E-state index >= 15 is 0 Å². The lowest BCUT2D eigenvalue weighted by Crippen LogP contribution is -2.37. The van der Waals surface area contributed by atoms with Crippen molar-refractivity contribution < 1.29 is 4.92 Å². The first-order valence-corrected chi connectivity index (χ1v) is 7.79. The van der Waals surface area contributed by atoms with Crippen molar-refractivity contribution in [3.05, 3.63) is 22.5 Å². The Hall–Kier alpha value is -1.80. The first kappa shape index (κ1) is 14.2. The lowest BCUT2D eigenvalue weighted by Gasteiger charge is -2.32. The van der Waals surface area contributed by atoms with Crippen LogP contribution in [0, 0.1) is 16.0 Å². The topological polar surface area (TPSA) is 84.2 Å². The molecular weight excluding hydrogens is 290 g/mol. The van der Waals surface area contributed by atoms with Crippen LogP contribution in [-0.2, 0) is 0 Å². The molecular formula is C13H17N5O2S. The second kappa shape index (κ2) is 5.90. The number of nitrogens with zero attached hydrogens (tertiary/aromatic N) is 4. The van der Waals surface area contributed by atoms with Crippen LogP contribution in [0.3, 0.4) is 0 Å². The highest BCUT2D eigenvalue weighted by Gasteiger charge is 2.23. The molecule has 1 aliphatic rings. The first-order valence-electron chi connectivity index (χ1n) is 6.97. The third kappa shape index (κ3) is 2.81. The van der Waals surface area contributed by atoms with Gasteiger partial charge in [-0.25, -0.2) is 9.97 Å². The van der Waals surface area contributed by atoms with Crippen LogP contribution < -0.4 is 10.2 Å². The molecule has 3 rings (SSSR count). The summed E-state index contributed by atoms with van der Waals surface area (Å²) in [5.74, 6) is 1.52. The number of nitrogens with one attached hydrogen (secondary N) is 1. The molecule has 2 aromatic heterocycles. The molecule has 0 unspecified atom stereocenters. The summed E-state index contributed by atoms with van der Waals surface area (Å²) in [6.45, 7) is 2.90. The van der Waals surface area contributed by atoms with Crippen LogP contribution in [0.15, 0.2) is 12.4 Å². The highest BCUT2D eigenvalue weighted by molar-refractivity contribution is 7.21. The van der Waals surface area contributed by atoms with Crippen molar-refractivity contribution in [2.24, 2.45) is 5.92 Å². The number of piperidine rings is 1. The van der Waals surface area contributed by atoms with Gasteiger partial charge in [0.25, 0.3) is 0 Å². The van der Waals surface area contributed by atoms with E-state index in [2.05, 4.69) is 20.2 Å². The van der Waals surface area contributed by atoms with E-state index in [1.165, 1.54) is 6.33 Å². The third-order valence-corrected chi connectivity index (χ3v) is 4.88. The molecule has 1 N–H and O–H groups in total. The van der Waals surface area contributed by atoms with Gasteiger partial charge in [-0.2, -0.15) is 0 Å². The summed E-state index contributed by atoms with van der Waals surface area (Å²) in [6.07, 6.45) is 3.72. The molecule has 0 bridgehead atoms. The van der Waals surface area contributed by atoms with Crippen LogP contribution in [-0.4, -0.2) is 41.6 Å². The van der Waals surface area contributed by atoms with Crippen molar-refractivity contribution in [2.45, 2.75) is 12.8 Å². The number of fused-ring (bicyclic) bond motifs is 1. The second-order valence-electron chi connectivity index (χ2n) is 5.25. The lowest BCUT2D eigenvalue weighted by molar-refractivity contribution is -0.380. The van der Waals surface area contributed by atoms with Crippen LogP contribution in [0.1, 0.15) is 12.8 Å². The van der Waals surface area contributed by atoms with Crippen LogP contribution >= 0.6 is 11.3 Å². The highest BCUT2D eigenvalue weighted by atomic mass is 32.1. The number of anilines is 1. The smallest absolute Gasteiger partial charge is 0.326 e. The number of nitro groups is 1. The van der Waals surface area contributed by atoms with Gasteiger partial charge in [0.1, 0.15) is 17.0 Å². The van der Waals surface area contributed by atoms with E-state index < -0.39 is 0 Å². The fraction of sp³-hybridized carbons (Fsp3) is 0.538. The average Bonchev–Trinajstić information content (AvgIpc) is 2.93. The fourth-order valence-corrected chi connectivity index (χ4v) is 3.62. The fourth-order valence-electron chi connectivity index (χ4n) is 2.81. The zero-order chi connectivity index (χ0) is 14.8. The number of hydrogen-bond donors (Lipinski definition) is 1. The normalized spacial score (nSPS) is 16.5. The molecule has 7 nitrogen and oxygen atoms in total. The largest absolute Gasteiger partial charge is 0.356 e. The Bertz CT molecular complexity index is 651. The maximum absolute atomic E-state index is 10.9. The maximum Gasteiger partial charge on any atom is 0.326 e. The minimum atomic E-state index is -0.366. The number of hydrogen-bond acceptors (Lipinski definition) is 7. The Morgan fingerprint density at radius 2 is 2.24 bits per heavy atom. The van der Waals surface area contributed by atoms with Crippen molar-refractivity contribution >= 4 is 32.4 Å². The highest BCUT2D eigenvalue weighted by Crippen LogP contribution is 2.35. The molecule has 1 fully saturated rings. The molecule has 112 valence electrons. The zero-order valence-electron chi connectivity index (χ0n) is 11.8. The van der Waals surface area contributed by atoms with Gasteiger partial charge < -0.3 is 10.2 Å². The third-order valence-electron chi connectivity index (χ3n) is 3.88. The minimum absolute atomic E-state index is 0.122. The van der Waals surface area contributed by atoms with Gasteiger partial charge in [0.2, 0.25) is 0 Å². The summed E-state index contributed by atoms with van der Waals surface area (Å²) in [5.41, 5.74) is 0. The Morgan fingerprint density at radius 1 is 1.48 bits per heavy atom. The number of thiophene rings is 1. The molecule has 8 heteroatoms. The van der Waals surface area contributed by atoms with Crippen LogP contribution in [0.2, 0.25) is 0 Å². The molecule has 0 aliphatic carbocycles. The van der Waals surface area contributed by atoms with E-state index in [4.69, 9.17) is 0 Å². The Labute approximate surface area is 126 Å². The van der Waals surface area contributed by atoms with Crippen LogP contribution in [0.4, 0.5) is 10.8 Å². The number of aromatic nitrogens is 2. The van der Waals surface area contributed by atoms with E-state index in [0.29, 0.717) is 10.7 Å². The quantitative estimate of drug-likeness (QED) is 0.687. The first-order chi connectivity index (χ1) is 10.2. The van der Waals surface area contributed by atoms with Crippen molar-refractivity contribution in [1.29, 1.82) is 0 Å². The maximum atomic E-state index is 10.9. The van der Waals surface area contributed by atoms with Gasteiger partial charge in [0, 0.05) is 19.2 Å². The van der Waals surface area contributed by atoms with Crippen molar-refractivity contribution in [3.8, 4) is 0 Å². The summed E-state index contributed by atoms with van der Waals surface area (Å²) in [4.78, 5) is 22.0. The lowest BCUT2D eigenvalue weighted by atomic mass is 9.97. The van der Waals surface area contributed by atoms with E-state index in [1.54, 1.807) is 6.07 Å². The van der Waals surface area contributed by atoms with Crippen molar-refractivity contribution in [1.82, 2.24) is 15.3 Å². The molecule has 3 heterocycles. The Balaban J connectivity index is 1.85. The number of rotatable bonds is 4. The standard InChI is InChI=1S/C13H17N5O2S/c1-14-7-9-2-4-17(5-3-9)12-10-6-11(18(19)20)21-13(10)16-8-15-12/h6,8-9,14H,2-5,7H2,1H3. The molecule has 0 aromatic carbocycles. The molecule has 1 saturated heterocycles. The summed E-state index contributed by atoms with van der Waals surface area (Å²) in [6, 6.07) is 1.59. The van der Waals surface area contributed by atoms with E-state index in [0.717, 1.165) is 55.0 Å². The molecule has 0 atom stereocenters. The molecule has 0 amide bonds. The van der Waals surface area contributed by atoms with Crippen molar-refractivity contribution in [3.63, 3.8) is 0 Å². The molecule has 0 saturated carbocycles. The second-order valence-corrected chi connectivity index (χ2v) is 6.26. The summed E-state index contributed by atoms with van der Waals surface area (Å²) >= 11 is 1.11. The van der Waals surface area contributed by atoms with E-state index in [1.807, 2.05) is 7.05 Å². The van der Waals surface area contributed by atoms with Gasteiger partial charge in [-0.3, -0.25) is 10.1 Å². The SMILES string of the molecule is CNCC1CCN(c2ncnc3sc([N+](=O)[O-])cc23)CC1. The van der Waals surface area contributed by atoms with Gasteiger partial charge in [0.15, 0.2) is 0 Å². The van der Waals surface area contributed by atoms with Gasteiger partial charge >= 0.3 is 5.00 Å². The summed E-state index contributed by atoms with van der Waals surface area (Å²) in [5, 5.41) is 15.1. The van der Waals surface area contributed by atoms with Gasteiger partial charge in [0.05, 0.1) is 10.3 Å². The predicted molar refractivity (Wildman–Crippen MR) is 82.9 cm³/mol. The molecule has 2 aromatic rings. The zero-order valence-corrected chi connectivity index (χ0v) is 12.6. The Morgan fingerprint density at radius 3 is 2.90 bits per heavy atom. The van der Waals surface area contributed by atoms with Crippen molar-refractivity contribution in [2.75, 3.05) is 31.6 Å². The van der Waals surface area contributed by atoms with Gasteiger partial charge in [-0.1, -0.05) is 0 Å². The monoisotopic (exact) mass is 307 g/mol. The Kier molecular flexibility index (Phi) is 3.98. The molecule has 0 radical (unpaired) electrons. The minimum Gasteiger partial charge on any atom is -0.356 e. The summed E-state index contributed by atoms with van der Waals surface area (Å²) < 4.78 is 0. The average molecular weight is 307 g/mol.